The van der Waals surface area contributed by atoms with Gasteiger partial charge in [-0.1, -0.05) is 0 Å². The summed E-state index contributed by atoms with van der Waals surface area (Å²) in [5.41, 5.74) is 1.79. The third kappa shape index (κ3) is 0.651. The zero-order valence-corrected chi connectivity index (χ0v) is 3.46. The van der Waals surface area contributed by atoms with Crippen molar-refractivity contribution >= 4 is 17.3 Å². The lowest BCUT2D eigenvalue weighted by atomic mass is 10.8. The first-order valence-electron chi connectivity index (χ1n) is 1.36. The largest absolute Gasteiger partial charge is 0.273 e. The van der Waals surface area contributed by atoms with E-state index in [1.165, 1.54) is 0 Å². The van der Waals surface area contributed by atoms with E-state index in [9.17, 15) is 0 Å². The lowest BCUT2D eigenvalue weighted by Gasteiger charge is -1.64. The van der Waals surface area contributed by atoms with Gasteiger partial charge in [-0.3, -0.25) is 4.99 Å². The average Bonchev–Trinajstić information content (AvgIpc) is 1.76. The minimum Gasteiger partial charge on any atom is -0.273 e. The van der Waals surface area contributed by atoms with E-state index in [4.69, 9.17) is 0 Å². The summed E-state index contributed by atoms with van der Waals surface area (Å²) in [5, 5.41) is 0. The summed E-state index contributed by atoms with van der Waals surface area (Å²) >= 11 is 1.67. The Labute approximate surface area is 35.5 Å². The SMILES string of the molecule is [C]1CSC=N1. The lowest BCUT2D eigenvalue weighted by Crippen LogP contribution is -1.58. The minimum atomic E-state index is 0.944. The first-order valence-corrected chi connectivity index (χ1v) is 2.41. The highest BCUT2D eigenvalue weighted by atomic mass is 32.2. The fourth-order valence-electron chi connectivity index (χ4n) is 0.186. The van der Waals surface area contributed by atoms with Crippen LogP contribution in [0.2, 0.25) is 0 Å². The smallest absolute Gasteiger partial charge is 0.127 e. The van der Waals surface area contributed by atoms with Crippen LogP contribution in [0.4, 0.5) is 0 Å². The Kier molecular flexibility index (Phi) is 0.937. The van der Waals surface area contributed by atoms with E-state index >= 15 is 0 Å². The Balaban J connectivity index is 2.32. The zero-order valence-electron chi connectivity index (χ0n) is 2.64. The highest BCUT2D eigenvalue weighted by molar-refractivity contribution is 8.12. The minimum absolute atomic E-state index is 0.944. The number of rotatable bonds is 0. The van der Waals surface area contributed by atoms with E-state index in [2.05, 4.69) is 11.5 Å². The molecule has 0 fully saturated rings. The molecule has 1 aliphatic heterocycles. The molecule has 1 rings (SSSR count). The maximum absolute atomic E-state index is 3.67. The number of hydrogen-bond acceptors (Lipinski definition) is 2. The van der Waals surface area contributed by atoms with Crippen molar-refractivity contribution in [2.45, 2.75) is 0 Å². The third-order valence-electron chi connectivity index (χ3n) is 0.366. The van der Waals surface area contributed by atoms with E-state index in [-0.39, 0.29) is 0 Å². The molecule has 1 nitrogen and oxygen atoms in total. The van der Waals surface area contributed by atoms with Crippen molar-refractivity contribution < 1.29 is 0 Å². The molecule has 0 aromatic heterocycles. The summed E-state index contributed by atoms with van der Waals surface area (Å²) in [4.78, 5) is 3.67. The van der Waals surface area contributed by atoms with Crippen LogP contribution in [-0.4, -0.2) is 11.3 Å². The van der Waals surface area contributed by atoms with Gasteiger partial charge in [0.05, 0.1) is 5.55 Å². The zero-order chi connectivity index (χ0) is 3.54. The van der Waals surface area contributed by atoms with Gasteiger partial charge in [-0.15, -0.1) is 11.8 Å². The van der Waals surface area contributed by atoms with Gasteiger partial charge in [-0.2, -0.15) is 0 Å². The molecule has 0 N–H and O–H groups in total. The molecule has 1 aliphatic rings. The normalized spacial score (nSPS) is 20.8. The number of thioether (sulfide) groups is 1. The Morgan fingerprint density at radius 1 is 2.00 bits per heavy atom. The van der Waals surface area contributed by atoms with Crippen molar-refractivity contribution in [1.82, 2.24) is 0 Å². The second-order valence-corrected chi connectivity index (χ2v) is 1.54. The van der Waals surface area contributed by atoms with Crippen molar-refractivity contribution in [3.8, 4) is 0 Å². The van der Waals surface area contributed by atoms with E-state index in [0.717, 1.165) is 5.75 Å². The van der Waals surface area contributed by atoms with Gasteiger partial charge in [-0.25, -0.2) is 0 Å². The first-order chi connectivity index (χ1) is 2.50. The Hall–Kier alpha value is 0.0200. The van der Waals surface area contributed by atoms with Crippen molar-refractivity contribution in [1.29, 1.82) is 0 Å². The van der Waals surface area contributed by atoms with Crippen LogP contribution < -0.4 is 0 Å². The standard InChI is InChI=1S/C3H3NS/c1-2-5-3-4-1/h3H,2H2. The molecule has 0 amide bonds. The van der Waals surface area contributed by atoms with E-state index in [1.807, 2.05) is 0 Å². The average molecular weight is 85.1 g/mol. The molecule has 0 unspecified atom stereocenters. The van der Waals surface area contributed by atoms with Crippen LogP contribution in [0.1, 0.15) is 0 Å². The summed E-state index contributed by atoms with van der Waals surface area (Å²) in [6.07, 6.45) is 0. The fraction of sp³-hybridized carbons (Fsp3) is 0.333. The molecule has 0 saturated heterocycles. The molecule has 26 valence electrons. The molecule has 0 aliphatic carbocycles. The van der Waals surface area contributed by atoms with Crippen LogP contribution in [0.25, 0.3) is 0 Å². The number of nitrogens with zero attached hydrogens (tertiary/aromatic N) is 1. The van der Waals surface area contributed by atoms with Crippen LogP contribution >= 0.6 is 11.8 Å². The van der Waals surface area contributed by atoms with Crippen molar-refractivity contribution in [2.75, 3.05) is 5.75 Å². The summed E-state index contributed by atoms with van der Waals surface area (Å²) in [7, 11) is 0. The molecular weight excluding hydrogens is 82.1 g/mol. The van der Waals surface area contributed by atoms with Crippen LogP contribution in [0.15, 0.2) is 4.99 Å². The molecule has 0 bridgehead atoms. The second-order valence-electron chi connectivity index (χ2n) is 0.704. The van der Waals surface area contributed by atoms with E-state index in [0.29, 0.717) is 0 Å². The van der Waals surface area contributed by atoms with Gasteiger partial charge in [-0.05, 0) is 0 Å². The number of hydrogen-bond donors (Lipinski definition) is 0. The Bertz CT molecular complexity index is 44.9. The van der Waals surface area contributed by atoms with Gasteiger partial charge in [0.1, 0.15) is 6.54 Å². The lowest BCUT2D eigenvalue weighted by molar-refractivity contribution is 1.38. The van der Waals surface area contributed by atoms with Crippen LogP contribution in [0.5, 0.6) is 0 Å². The van der Waals surface area contributed by atoms with Gasteiger partial charge < -0.3 is 0 Å². The predicted molar refractivity (Wildman–Crippen MR) is 24.2 cm³/mol. The quantitative estimate of drug-likeness (QED) is 0.424. The van der Waals surface area contributed by atoms with Gasteiger partial charge >= 0.3 is 0 Å². The highest BCUT2D eigenvalue weighted by Gasteiger charge is 1.88. The maximum atomic E-state index is 3.67. The van der Waals surface area contributed by atoms with Crippen LogP contribution in [-0.2, 0) is 0 Å². The fourth-order valence-corrected chi connectivity index (χ4v) is 0.559. The maximum Gasteiger partial charge on any atom is 0.127 e. The molecule has 2 heteroatoms. The molecule has 2 radical (unpaired) electrons. The predicted octanol–water partition coefficient (Wildman–Crippen LogP) is 0.800. The Morgan fingerprint density at radius 2 is 3.00 bits per heavy atom. The van der Waals surface area contributed by atoms with Gasteiger partial charge in [0, 0.05) is 5.75 Å². The summed E-state index contributed by atoms with van der Waals surface area (Å²) in [5.74, 6) is 0.944. The molecule has 1 heterocycles. The summed E-state index contributed by atoms with van der Waals surface area (Å²) in [6, 6.07) is 0. The molecular formula is C3H3NS. The molecule has 0 aromatic carbocycles. The van der Waals surface area contributed by atoms with Crippen molar-refractivity contribution in [3.63, 3.8) is 0 Å². The summed E-state index contributed by atoms with van der Waals surface area (Å²) < 4.78 is 0. The second kappa shape index (κ2) is 1.45. The first kappa shape index (κ1) is 3.22. The molecule has 0 atom stereocenters. The van der Waals surface area contributed by atoms with E-state index in [1.54, 1.807) is 17.3 Å². The molecule has 0 aromatic rings. The number of aliphatic imine (C=N–C) groups is 1. The van der Waals surface area contributed by atoms with Gasteiger partial charge in [0.15, 0.2) is 0 Å². The van der Waals surface area contributed by atoms with Crippen LogP contribution in [0, 0.1) is 6.54 Å². The summed E-state index contributed by atoms with van der Waals surface area (Å²) in [6.45, 7) is 2.75. The van der Waals surface area contributed by atoms with Gasteiger partial charge in [0.25, 0.3) is 0 Å². The highest BCUT2D eigenvalue weighted by Crippen LogP contribution is 2.04. The van der Waals surface area contributed by atoms with Gasteiger partial charge in [0.2, 0.25) is 0 Å². The molecule has 0 saturated carbocycles. The monoisotopic (exact) mass is 85.0 g/mol. The molecule has 0 spiro atoms. The third-order valence-corrected chi connectivity index (χ3v) is 0.917. The topological polar surface area (TPSA) is 12.4 Å². The van der Waals surface area contributed by atoms with Crippen molar-refractivity contribution in [2.24, 2.45) is 4.99 Å². The van der Waals surface area contributed by atoms with Crippen molar-refractivity contribution in [3.05, 3.63) is 6.54 Å². The molecule has 5 heavy (non-hydrogen) atoms. The van der Waals surface area contributed by atoms with E-state index < -0.39 is 0 Å². The Morgan fingerprint density at radius 3 is 3.20 bits per heavy atom. The van der Waals surface area contributed by atoms with Crippen LogP contribution in [0.3, 0.4) is 0 Å².